The third-order valence-corrected chi connectivity index (χ3v) is 3.41. The second-order valence-electron chi connectivity index (χ2n) is 5.19. The highest BCUT2D eigenvalue weighted by Gasteiger charge is 2.04. The molecule has 0 saturated heterocycles. The Bertz CT molecular complexity index is 815. The number of anilines is 1. The molecule has 0 spiro atoms. The molecule has 0 saturated carbocycles. The van der Waals surface area contributed by atoms with Crippen LogP contribution >= 0.6 is 0 Å². The Hall–Kier alpha value is -3.19. The molecule has 0 bridgehead atoms. The highest BCUT2D eigenvalue weighted by molar-refractivity contribution is 6.09. The highest BCUT2D eigenvalue weighted by Crippen LogP contribution is 2.14. The molecular formula is C20H21N3O. The van der Waals surface area contributed by atoms with Crippen LogP contribution in [0.15, 0.2) is 83.1 Å². The van der Waals surface area contributed by atoms with E-state index in [2.05, 4.69) is 28.6 Å². The number of allylic oxidation sites excluding steroid dienone is 2. The van der Waals surface area contributed by atoms with E-state index in [1.165, 1.54) is 0 Å². The van der Waals surface area contributed by atoms with Crippen molar-refractivity contribution < 1.29 is 4.74 Å². The fourth-order valence-electron chi connectivity index (χ4n) is 2.20. The number of nitrogens with one attached hydrogen (secondary N) is 1. The van der Waals surface area contributed by atoms with E-state index in [0.717, 1.165) is 28.1 Å². The first-order chi connectivity index (χ1) is 11.6. The SMILES string of the molecule is C=C/C(=N\NC/C1=C/C(OC)=C=CC=C=C1)c1ccc(N)cc1C. The summed E-state index contributed by atoms with van der Waals surface area (Å²) in [5.41, 5.74) is 19.4. The fourth-order valence-corrected chi connectivity index (χ4v) is 2.20. The van der Waals surface area contributed by atoms with E-state index in [4.69, 9.17) is 10.5 Å². The molecule has 2 rings (SSSR count). The Morgan fingerprint density at radius 3 is 2.96 bits per heavy atom. The maximum atomic E-state index is 5.79. The quantitative estimate of drug-likeness (QED) is 0.366. The lowest BCUT2D eigenvalue weighted by molar-refractivity contribution is 0.307. The molecule has 0 radical (unpaired) electrons. The number of nitrogen functional groups attached to an aromatic ring is 1. The lowest BCUT2D eigenvalue weighted by Crippen LogP contribution is -2.14. The molecule has 4 nitrogen and oxygen atoms in total. The zero-order chi connectivity index (χ0) is 17.4. The van der Waals surface area contributed by atoms with Gasteiger partial charge >= 0.3 is 0 Å². The molecule has 0 heterocycles. The highest BCUT2D eigenvalue weighted by atomic mass is 16.5. The molecule has 122 valence electrons. The number of nitrogens with two attached hydrogens (primary N) is 1. The van der Waals surface area contributed by atoms with E-state index in [9.17, 15) is 0 Å². The van der Waals surface area contributed by atoms with E-state index in [1.807, 2.05) is 37.3 Å². The first-order valence-corrected chi connectivity index (χ1v) is 7.56. The molecule has 0 fully saturated rings. The van der Waals surface area contributed by atoms with E-state index >= 15 is 0 Å². The van der Waals surface area contributed by atoms with Gasteiger partial charge in [-0.1, -0.05) is 18.4 Å². The van der Waals surface area contributed by atoms with Gasteiger partial charge in [-0.15, -0.1) is 5.73 Å². The first kappa shape index (κ1) is 17.2. The summed E-state index contributed by atoms with van der Waals surface area (Å²) in [5.74, 6) is 0.656. The molecular weight excluding hydrogens is 298 g/mol. The number of hydrazone groups is 1. The molecule has 1 aromatic carbocycles. The van der Waals surface area contributed by atoms with Crippen LogP contribution in [-0.2, 0) is 4.74 Å². The summed E-state index contributed by atoms with van der Waals surface area (Å²) in [6.45, 7) is 6.37. The van der Waals surface area contributed by atoms with Crippen LogP contribution in [0.3, 0.4) is 0 Å². The predicted octanol–water partition coefficient (Wildman–Crippen LogP) is 3.39. The summed E-state index contributed by atoms with van der Waals surface area (Å²) in [7, 11) is 1.62. The van der Waals surface area contributed by atoms with Gasteiger partial charge in [0.1, 0.15) is 0 Å². The number of rotatable bonds is 6. The third-order valence-electron chi connectivity index (χ3n) is 3.41. The van der Waals surface area contributed by atoms with Crippen molar-refractivity contribution in [3.8, 4) is 0 Å². The van der Waals surface area contributed by atoms with Crippen molar-refractivity contribution in [3.63, 3.8) is 0 Å². The van der Waals surface area contributed by atoms with E-state index in [0.29, 0.717) is 12.3 Å². The van der Waals surface area contributed by atoms with Crippen molar-refractivity contribution in [1.82, 2.24) is 5.43 Å². The Morgan fingerprint density at radius 2 is 2.25 bits per heavy atom. The minimum absolute atomic E-state index is 0.529. The third kappa shape index (κ3) is 4.65. The van der Waals surface area contributed by atoms with Gasteiger partial charge in [-0.25, -0.2) is 0 Å². The van der Waals surface area contributed by atoms with E-state index in [-0.39, 0.29) is 0 Å². The van der Waals surface area contributed by atoms with E-state index in [1.54, 1.807) is 25.3 Å². The van der Waals surface area contributed by atoms with Gasteiger partial charge in [-0.05, 0) is 60.6 Å². The predicted molar refractivity (Wildman–Crippen MR) is 99.7 cm³/mol. The van der Waals surface area contributed by atoms with Crippen LogP contribution < -0.4 is 11.2 Å². The molecule has 0 aromatic heterocycles. The summed E-state index contributed by atoms with van der Waals surface area (Å²) in [6, 6.07) is 5.72. The minimum atomic E-state index is 0.529. The van der Waals surface area contributed by atoms with Crippen molar-refractivity contribution >= 4 is 11.4 Å². The largest absolute Gasteiger partial charge is 0.489 e. The van der Waals surface area contributed by atoms with Crippen molar-refractivity contribution in [1.29, 1.82) is 0 Å². The molecule has 4 heteroatoms. The van der Waals surface area contributed by atoms with Crippen LogP contribution in [0.4, 0.5) is 5.69 Å². The normalized spacial score (nSPS) is 15.8. The number of hydrogen-bond acceptors (Lipinski definition) is 4. The van der Waals surface area contributed by atoms with E-state index < -0.39 is 0 Å². The van der Waals surface area contributed by atoms with Gasteiger partial charge in [0.05, 0.1) is 19.4 Å². The number of benzene rings is 1. The number of methoxy groups -OCH3 is 1. The fraction of sp³-hybridized carbons (Fsp3) is 0.150. The smallest absolute Gasteiger partial charge is 0.162 e. The molecule has 3 N–H and O–H groups in total. The summed E-state index contributed by atoms with van der Waals surface area (Å²) >= 11 is 0. The van der Waals surface area contributed by atoms with Crippen LogP contribution in [0.1, 0.15) is 11.1 Å². The summed E-state index contributed by atoms with van der Waals surface area (Å²) < 4.78 is 5.24. The van der Waals surface area contributed by atoms with Gasteiger partial charge in [0.25, 0.3) is 0 Å². The van der Waals surface area contributed by atoms with Gasteiger partial charge < -0.3 is 15.9 Å². The second-order valence-corrected chi connectivity index (χ2v) is 5.19. The Kier molecular flexibility index (Phi) is 6.04. The summed E-state index contributed by atoms with van der Waals surface area (Å²) in [6.07, 6.45) is 9.02. The lowest BCUT2D eigenvalue weighted by atomic mass is 10.0. The number of ether oxygens (including phenoxy) is 1. The van der Waals surface area contributed by atoms with Crippen LogP contribution in [0.5, 0.6) is 0 Å². The minimum Gasteiger partial charge on any atom is -0.489 e. The molecule has 0 aliphatic heterocycles. The average Bonchev–Trinajstić information content (AvgIpc) is 2.54. The van der Waals surface area contributed by atoms with Gasteiger partial charge in [0.2, 0.25) is 0 Å². The van der Waals surface area contributed by atoms with Crippen LogP contribution in [-0.4, -0.2) is 19.4 Å². The molecule has 0 unspecified atom stereocenters. The van der Waals surface area contributed by atoms with Crippen LogP contribution in [0, 0.1) is 6.92 Å². The number of nitrogens with zero attached hydrogens (tertiary/aromatic N) is 1. The van der Waals surface area contributed by atoms with Gasteiger partial charge in [-0.3, -0.25) is 0 Å². The second kappa shape index (κ2) is 8.44. The molecule has 1 aromatic rings. The Balaban J connectivity index is 2.15. The average molecular weight is 319 g/mol. The van der Waals surface area contributed by atoms with Crippen molar-refractivity contribution in [2.75, 3.05) is 19.4 Å². The monoisotopic (exact) mass is 319 g/mol. The van der Waals surface area contributed by atoms with Crippen molar-refractivity contribution in [2.45, 2.75) is 6.92 Å². The topological polar surface area (TPSA) is 59.6 Å². The maximum absolute atomic E-state index is 5.79. The van der Waals surface area contributed by atoms with Crippen molar-refractivity contribution in [3.05, 3.63) is 89.1 Å². The van der Waals surface area contributed by atoms with Crippen LogP contribution in [0.25, 0.3) is 0 Å². The first-order valence-electron chi connectivity index (χ1n) is 7.56. The Morgan fingerprint density at radius 1 is 1.42 bits per heavy atom. The van der Waals surface area contributed by atoms with Crippen LogP contribution in [0.2, 0.25) is 0 Å². The van der Waals surface area contributed by atoms with Gasteiger partial charge in [0.15, 0.2) is 5.76 Å². The van der Waals surface area contributed by atoms with Crippen molar-refractivity contribution in [2.24, 2.45) is 5.10 Å². The van der Waals surface area contributed by atoms with Gasteiger partial charge in [-0.2, -0.15) is 5.10 Å². The van der Waals surface area contributed by atoms with Gasteiger partial charge in [0, 0.05) is 11.3 Å². The zero-order valence-corrected chi connectivity index (χ0v) is 14.0. The summed E-state index contributed by atoms with van der Waals surface area (Å²) in [5, 5.41) is 4.43. The standard InChI is InChI=1S/C20H21N3O/c1-4-20(19-11-10-17(21)12-15(19)2)23-22-14-16-8-6-5-7-9-18(13-16)24-3/h4-5,7-8,10-13,22H,1,14,21H2,2-3H3/b16-13+,23-20+. The molecule has 0 amide bonds. The summed E-state index contributed by atoms with van der Waals surface area (Å²) in [4.78, 5) is 0. The molecule has 24 heavy (non-hydrogen) atoms. The Labute approximate surface area is 142 Å². The molecule has 0 atom stereocenters. The number of hydrogen-bond donors (Lipinski definition) is 2. The number of aryl methyl sites for hydroxylation is 1. The molecule has 1 aliphatic rings. The lowest BCUT2D eigenvalue weighted by Gasteiger charge is -2.09. The maximum Gasteiger partial charge on any atom is 0.162 e. The zero-order valence-electron chi connectivity index (χ0n) is 14.0. The molecule has 1 aliphatic carbocycles.